The normalized spacial score (nSPS) is 24.4. The summed E-state index contributed by atoms with van der Waals surface area (Å²) in [6.07, 6.45) is 0.136. The predicted molar refractivity (Wildman–Crippen MR) is 145 cm³/mol. The molecule has 2 aromatic carbocycles. The summed E-state index contributed by atoms with van der Waals surface area (Å²) in [7, 11) is 0. The molecule has 1 aliphatic heterocycles. The Hall–Kier alpha value is -1.85. The van der Waals surface area contributed by atoms with E-state index >= 15 is 8.78 Å². The van der Waals surface area contributed by atoms with Gasteiger partial charge in [-0.25, -0.2) is 8.78 Å². The number of aliphatic hydroxyl groups excluding tert-OH is 2. The molecule has 0 unspecified atom stereocenters. The van der Waals surface area contributed by atoms with Gasteiger partial charge in [-0.1, -0.05) is 55.2 Å². The van der Waals surface area contributed by atoms with E-state index in [1.165, 1.54) is 24.3 Å². The van der Waals surface area contributed by atoms with Crippen LogP contribution in [0.1, 0.15) is 50.2 Å². The molecular formula is C27H36Cl2F2N4O3. The highest BCUT2D eigenvalue weighted by molar-refractivity contribution is 6.31. The van der Waals surface area contributed by atoms with Crippen LogP contribution in [0.4, 0.5) is 8.78 Å². The van der Waals surface area contributed by atoms with Crippen LogP contribution in [0, 0.1) is 17.0 Å². The zero-order valence-corrected chi connectivity index (χ0v) is 23.0. The van der Waals surface area contributed by atoms with Crippen LogP contribution in [0.25, 0.3) is 0 Å². The van der Waals surface area contributed by atoms with Crippen molar-refractivity contribution in [3.63, 3.8) is 0 Å². The second-order valence-electron chi connectivity index (χ2n) is 10.7. The molecule has 11 heteroatoms. The monoisotopic (exact) mass is 572 g/mol. The maximum absolute atomic E-state index is 15.6. The van der Waals surface area contributed by atoms with E-state index < -0.39 is 53.8 Å². The fourth-order valence-corrected chi connectivity index (χ4v) is 5.74. The van der Waals surface area contributed by atoms with Crippen LogP contribution in [0.3, 0.4) is 0 Å². The van der Waals surface area contributed by atoms with Gasteiger partial charge in [-0.3, -0.25) is 4.79 Å². The lowest BCUT2D eigenvalue weighted by Crippen LogP contribution is -2.52. The van der Waals surface area contributed by atoms with E-state index in [-0.39, 0.29) is 39.6 Å². The van der Waals surface area contributed by atoms with Gasteiger partial charge in [0.05, 0.1) is 29.3 Å². The van der Waals surface area contributed by atoms with Gasteiger partial charge in [0.15, 0.2) is 0 Å². The summed E-state index contributed by atoms with van der Waals surface area (Å²) in [4.78, 5) is 13.5. The molecule has 2 aromatic rings. The highest BCUT2D eigenvalue weighted by atomic mass is 35.5. The molecule has 0 saturated carbocycles. The zero-order valence-electron chi connectivity index (χ0n) is 21.5. The lowest BCUT2D eigenvalue weighted by atomic mass is 9.67. The maximum Gasteiger partial charge on any atom is 0.237 e. The first-order chi connectivity index (χ1) is 17.9. The highest BCUT2D eigenvalue weighted by Gasteiger charge is 2.58. The van der Waals surface area contributed by atoms with Crippen molar-refractivity contribution in [1.82, 2.24) is 10.6 Å². The fraction of sp³-hybridized carbons (Fsp3) is 0.519. The summed E-state index contributed by atoms with van der Waals surface area (Å²) in [5, 5.41) is 24.8. The second-order valence-corrected chi connectivity index (χ2v) is 11.5. The Morgan fingerprint density at radius 3 is 2.61 bits per heavy atom. The number of hydrogen-bond donors (Lipinski definition) is 6. The van der Waals surface area contributed by atoms with Gasteiger partial charge >= 0.3 is 0 Å². The summed E-state index contributed by atoms with van der Waals surface area (Å²) in [5.41, 5.74) is 11.2. The van der Waals surface area contributed by atoms with Crippen LogP contribution in [0.5, 0.6) is 0 Å². The third kappa shape index (κ3) is 6.47. The number of hydrogen-bond acceptors (Lipinski definition) is 6. The molecule has 0 aromatic heterocycles. The minimum atomic E-state index is -1.60. The Labute approximate surface area is 231 Å². The zero-order chi connectivity index (χ0) is 28.3. The van der Waals surface area contributed by atoms with Gasteiger partial charge in [-0.2, -0.15) is 0 Å². The highest BCUT2D eigenvalue weighted by Crippen LogP contribution is 2.50. The lowest BCUT2D eigenvalue weighted by Gasteiger charge is -2.40. The Kier molecular flexibility index (Phi) is 10.1. The van der Waals surface area contributed by atoms with E-state index in [1.54, 1.807) is 6.07 Å². The quantitative estimate of drug-likeness (QED) is 0.245. The van der Waals surface area contributed by atoms with Crippen LogP contribution in [-0.4, -0.2) is 54.0 Å². The van der Waals surface area contributed by atoms with Crippen LogP contribution >= 0.6 is 23.2 Å². The van der Waals surface area contributed by atoms with E-state index in [0.717, 1.165) is 6.07 Å². The van der Waals surface area contributed by atoms with Gasteiger partial charge in [0.1, 0.15) is 11.6 Å². The van der Waals surface area contributed by atoms with E-state index in [0.29, 0.717) is 19.4 Å². The summed E-state index contributed by atoms with van der Waals surface area (Å²) in [5.74, 6) is -3.01. The molecule has 1 heterocycles. The van der Waals surface area contributed by atoms with E-state index in [1.807, 2.05) is 13.8 Å². The fourth-order valence-electron chi connectivity index (χ4n) is 5.40. The van der Waals surface area contributed by atoms with Crippen LogP contribution in [-0.2, 0) is 10.3 Å². The molecule has 0 spiro atoms. The van der Waals surface area contributed by atoms with Gasteiger partial charge < -0.3 is 32.3 Å². The van der Waals surface area contributed by atoms with E-state index in [4.69, 9.17) is 39.8 Å². The number of amides is 1. The van der Waals surface area contributed by atoms with Crippen molar-refractivity contribution in [3.05, 3.63) is 69.2 Å². The van der Waals surface area contributed by atoms with Crippen molar-refractivity contribution in [2.24, 2.45) is 16.9 Å². The molecule has 38 heavy (non-hydrogen) atoms. The van der Waals surface area contributed by atoms with Gasteiger partial charge in [-0.05, 0) is 55.0 Å². The predicted octanol–water partition coefficient (Wildman–Crippen LogP) is 3.17. The molecule has 1 amide bonds. The molecule has 1 aliphatic rings. The SMILES string of the molecule is CC(C)(CCN)C[C@@H]1N[C@@H](C(=O)NCC[C@H](O)CO)[C@H](c2cccc(Cl)c2F)[C@@]1(N)c1ccc(Cl)cc1F. The first kappa shape index (κ1) is 30.7. The minimum absolute atomic E-state index is 0.0553. The van der Waals surface area contributed by atoms with Crippen molar-refractivity contribution in [2.75, 3.05) is 19.7 Å². The minimum Gasteiger partial charge on any atom is -0.394 e. The van der Waals surface area contributed by atoms with Crippen molar-refractivity contribution >= 4 is 29.1 Å². The van der Waals surface area contributed by atoms with Gasteiger partial charge in [-0.15, -0.1) is 0 Å². The summed E-state index contributed by atoms with van der Waals surface area (Å²) in [6.45, 7) is 4.02. The number of nitrogens with one attached hydrogen (secondary N) is 2. The van der Waals surface area contributed by atoms with Gasteiger partial charge in [0.25, 0.3) is 0 Å². The standard InChI is InChI=1S/C27H36Cl2F2N4O3/c1-26(2,9-10-32)13-21-27(33,18-7-6-15(28)12-20(18)30)22(17-4-3-5-19(29)23(17)31)24(35-21)25(38)34-11-8-16(37)14-36/h3-7,12,16,21-22,24,35-37H,8-11,13-14,32-33H2,1-2H3,(H,34,38)/t16-,21-,22-,24+,27+/m0/s1. The van der Waals surface area contributed by atoms with Crippen LogP contribution in [0.15, 0.2) is 36.4 Å². The largest absolute Gasteiger partial charge is 0.394 e. The van der Waals surface area contributed by atoms with Crippen LogP contribution in [0.2, 0.25) is 10.0 Å². The Morgan fingerprint density at radius 2 is 1.97 bits per heavy atom. The first-order valence-electron chi connectivity index (χ1n) is 12.6. The third-order valence-corrected chi connectivity index (χ3v) is 7.89. The summed E-state index contributed by atoms with van der Waals surface area (Å²) in [6, 6.07) is 6.79. The summed E-state index contributed by atoms with van der Waals surface area (Å²) < 4.78 is 31.1. The third-order valence-electron chi connectivity index (χ3n) is 7.37. The molecule has 0 aliphatic carbocycles. The second kappa shape index (κ2) is 12.6. The Bertz CT molecular complexity index is 1140. The number of halogens is 4. The lowest BCUT2D eigenvalue weighted by molar-refractivity contribution is -0.123. The average Bonchev–Trinajstić information content (AvgIpc) is 3.12. The molecule has 1 saturated heterocycles. The molecule has 7 nitrogen and oxygen atoms in total. The number of benzene rings is 2. The smallest absolute Gasteiger partial charge is 0.237 e. The number of carbonyl (C=O) groups excluding carboxylic acids is 1. The molecular weight excluding hydrogens is 537 g/mol. The van der Waals surface area contributed by atoms with E-state index in [9.17, 15) is 9.90 Å². The Balaban J connectivity index is 2.18. The average molecular weight is 574 g/mol. The van der Waals surface area contributed by atoms with Gasteiger partial charge in [0, 0.05) is 29.1 Å². The molecule has 1 fully saturated rings. The number of rotatable bonds is 11. The first-order valence-corrected chi connectivity index (χ1v) is 13.3. The van der Waals surface area contributed by atoms with Crippen molar-refractivity contribution < 1.29 is 23.8 Å². The number of aliphatic hydroxyl groups is 2. The van der Waals surface area contributed by atoms with Gasteiger partial charge in [0.2, 0.25) is 5.91 Å². The van der Waals surface area contributed by atoms with Crippen molar-refractivity contribution in [1.29, 1.82) is 0 Å². The molecule has 0 bridgehead atoms. The molecule has 210 valence electrons. The molecule has 0 radical (unpaired) electrons. The number of carbonyl (C=O) groups is 1. The molecule has 5 atom stereocenters. The maximum atomic E-state index is 15.6. The Morgan fingerprint density at radius 1 is 1.26 bits per heavy atom. The van der Waals surface area contributed by atoms with Crippen molar-refractivity contribution in [2.45, 2.75) is 62.8 Å². The van der Waals surface area contributed by atoms with Crippen molar-refractivity contribution in [3.8, 4) is 0 Å². The summed E-state index contributed by atoms with van der Waals surface area (Å²) >= 11 is 12.2. The molecule has 3 rings (SSSR count). The van der Waals surface area contributed by atoms with Crippen LogP contribution < -0.4 is 22.1 Å². The number of nitrogens with two attached hydrogens (primary N) is 2. The van der Waals surface area contributed by atoms with E-state index in [2.05, 4.69) is 10.6 Å². The topological polar surface area (TPSA) is 134 Å². The molecule has 8 N–H and O–H groups in total.